The van der Waals surface area contributed by atoms with Crippen LogP contribution in [0.5, 0.6) is 5.75 Å². The Morgan fingerprint density at radius 1 is 1.39 bits per heavy atom. The summed E-state index contributed by atoms with van der Waals surface area (Å²) in [7, 11) is 0. The van der Waals surface area contributed by atoms with Crippen LogP contribution in [0.25, 0.3) is 0 Å². The number of carbonyl (C=O) groups excluding carboxylic acids is 1. The first-order valence-corrected chi connectivity index (χ1v) is 8.84. The number of halogens is 2. The number of thiocarbonyl (C=S) groups is 1. The van der Waals surface area contributed by atoms with E-state index in [1.54, 1.807) is 12.1 Å². The fourth-order valence-corrected chi connectivity index (χ4v) is 4.03. The molecule has 1 aromatic carbocycles. The lowest BCUT2D eigenvalue weighted by molar-refractivity contribution is 0.00369. The molecule has 0 bridgehead atoms. The van der Waals surface area contributed by atoms with Gasteiger partial charge in [0.2, 0.25) is 0 Å². The zero-order chi connectivity index (χ0) is 16.6. The van der Waals surface area contributed by atoms with Crippen LogP contribution in [0.3, 0.4) is 0 Å². The number of nitrogens with zero attached hydrogens (tertiary/aromatic N) is 1. The predicted octanol–water partition coefficient (Wildman–Crippen LogP) is 3.69. The van der Waals surface area contributed by atoms with Crippen molar-refractivity contribution in [3.63, 3.8) is 0 Å². The van der Waals surface area contributed by atoms with E-state index in [0.29, 0.717) is 27.8 Å². The minimum Gasteiger partial charge on any atom is -0.484 e. The highest BCUT2D eigenvalue weighted by Gasteiger charge is 2.44. The molecule has 2 heterocycles. The van der Waals surface area contributed by atoms with Gasteiger partial charge in [-0.15, -0.1) is 0 Å². The normalized spacial score (nSPS) is 19.3. The van der Waals surface area contributed by atoms with E-state index in [9.17, 15) is 4.79 Å². The van der Waals surface area contributed by atoms with E-state index in [2.05, 4.69) is 10.2 Å². The van der Waals surface area contributed by atoms with Crippen LogP contribution in [0.15, 0.2) is 12.1 Å². The van der Waals surface area contributed by atoms with Crippen LogP contribution in [0.2, 0.25) is 10.0 Å². The van der Waals surface area contributed by atoms with Crippen LogP contribution in [-0.2, 0) is 0 Å². The van der Waals surface area contributed by atoms with Gasteiger partial charge in [0.05, 0.1) is 17.0 Å². The van der Waals surface area contributed by atoms with E-state index >= 15 is 0 Å². The number of piperidine rings is 1. The number of rotatable bonds is 1. The standard InChI is InChI=1S/C16H18Cl2N2O2S/c1-2-19-15(23)20-5-3-16(4-6-20)9-13(21)11-7-10(17)8-12(18)14(11)22-16/h7-8H,2-6,9H2,1H3,(H,19,23). The van der Waals surface area contributed by atoms with Crippen LogP contribution in [0, 0.1) is 0 Å². The summed E-state index contributed by atoms with van der Waals surface area (Å²) in [5.74, 6) is 0.508. The largest absolute Gasteiger partial charge is 0.484 e. The summed E-state index contributed by atoms with van der Waals surface area (Å²) >= 11 is 17.6. The number of ether oxygens (including phenoxy) is 1. The second kappa shape index (κ2) is 6.46. The van der Waals surface area contributed by atoms with Crippen molar-refractivity contribution in [1.29, 1.82) is 0 Å². The Bertz CT molecular complexity index is 658. The van der Waals surface area contributed by atoms with Crippen molar-refractivity contribution in [2.45, 2.75) is 31.8 Å². The van der Waals surface area contributed by atoms with Crippen LogP contribution in [0.4, 0.5) is 0 Å². The molecule has 1 fully saturated rings. The van der Waals surface area contributed by atoms with Gasteiger partial charge in [-0.2, -0.15) is 0 Å². The second-order valence-corrected chi connectivity index (χ2v) is 7.20. The maximum absolute atomic E-state index is 12.5. The molecule has 1 spiro atoms. The molecule has 1 N–H and O–H groups in total. The molecule has 0 aromatic heterocycles. The van der Waals surface area contributed by atoms with Gasteiger partial charge in [-0.1, -0.05) is 23.2 Å². The fourth-order valence-electron chi connectivity index (χ4n) is 3.17. The van der Waals surface area contributed by atoms with Crippen molar-refractivity contribution in [3.8, 4) is 5.75 Å². The molecule has 0 saturated carbocycles. The fraction of sp³-hybridized carbons (Fsp3) is 0.500. The first-order chi connectivity index (χ1) is 10.9. The third-order valence-corrected chi connectivity index (χ3v) is 5.30. The Hall–Kier alpha value is -1.04. The second-order valence-electron chi connectivity index (χ2n) is 5.97. The van der Waals surface area contributed by atoms with Gasteiger partial charge in [0, 0.05) is 37.5 Å². The van der Waals surface area contributed by atoms with E-state index in [1.807, 2.05) is 6.92 Å². The third-order valence-electron chi connectivity index (χ3n) is 4.40. The van der Waals surface area contributed by atoms with Gasteiger partial charge in [-0.25, -0.2) is 0 Å². The van der Waals surface area contributed by atoms with Crippen molar-refractivity contribution < 1.29 is 9.53 Å². The maximum Gasteiger partial charge on any atom is 0.170 e. The van der Waals surface area contributed by atoms with Gasteiger partial charge in [0.25, 0.3) is 0 Å². The summed E-state index contributed by atoms with van der Waals surface area (Å²) in [6, 6.07) is 3.25. The Morgan fingerprint density at radius 2 is 2.09 bits per heavy atom. The van der Waals surface area contributed by atoms with Crippen molar-refractivity contribution in [3.05, 3.63) is 27.7 Å². The molecule has 0 unspecified atom stereocenters. The molecule has 23 heavy (non-hydrogen) atoms. The lowest BCUT2D eigenvalue weighted by Gasteiger charge is -2.44. The highest BCUT2D eigenvalue weighted by molar-refractivity contribution is 7.80. The number of Topliss-reactive ketones (excluding diaryl/α,β-unsaturated/α-hetero) is 1. The number of ketones is 1. The Morgan fingerprint density at radius 3 is 2.74 bits per heavy atom. The smallest absolute Gasteiger partial charge is 0.170 e. The molecule has 1 aromatic rings. The molecule has 3 rings (SSSR count). The van der Waals surface area contributed by atoms with Crippen LogP contribution in [-0.4, -0.2) is 41.0 Å². The first-order valence-electron chi connectivity index (χ1n) is 7.68. The molecule has 0 aliphatic carbocycles. The van der Waals surface area contributed by atoms with Gasteiger partial charge in [0.15, 0.2) is 10.9 Å². The molecular formula is C16H18Cl2N2O2S. The summed E-state index contributed by atoms with van der Waals surface area (Å²) in [5.41, 5.74) is -0.00130. The number of likely N-dealkylation sites (tertiary alicyclic amines) is 1. The average Bonchev–Trinajstić information content (AvgIpc) is 2.50. The minimum atomic E-state index is -0.486. The monoisotopic (exact) mass is 372 g/mol. The van der Waals surface area contributed by atoms with Gasteiger partial charge in [0.1, 0.15) is 11.4 Å². The Labute approximate surface area is 151 Å². The summed E-state index contributed by atoms with van der Waals surface area (Å²) in [6.07, 6.45) is 1.84. The number of hydrogen-bond acceptors (Lipinski definition) is 3. The van der Waals surface area contributed by atoms with Gasteiger partial charge >= 0.3 is 0 Å². The van der Waals surface area contributed by atoms with E-state index in [0.717, 1.165) is 37.6 Å². The topological polar surface area (TPSA) is 41.6 Å². The van der Waals surface area contributed by atoms with Gasteiger partial charge in [-0.05, 0) is 31.3 Å². The van der Waals surface area contributed by atoms with E-state index < -0.39 is 5.60 Å². The molecule has 124 valence electrons. The van der Waals surface area contributed by atoms with E-state index in [4.69, 9.17) is 40.2 Å². The summed E-state index contributed by atoms with van der Waals surface area (Å²) in [6.45, 7) is 4.35. The molecule has 2 aliphatic heterocycles. The molecule has 4 nitrogen and oxygen atoms in total. The zero-order valence-corrected chi connectivity index (χ0v) is 15.2. The summed E-state index contributed by atoms with van der Waals surface area (Å²) < 4.78 is 6.20. The Kier molecular flexibility index (Phi) is 4.72. The number of benzene rings is 1. The van der Waals surface area contributed by atoms with Crippen molar-refractivity contribution >= 4 is 46.3 Å². The number of carbonyl (C=O) groups is 1. The number of fused-ring (bicyclic) bond motifs is 1. The van der Waals surface area contributed by atoms with Crippen LogP contribution in [0.1, 0.15) is 36.5 Å². The van der Waals surface area contributed by atoms with Crippen molar-refractivity contribution in [2.75, 3.05) is 19.6 Å². The molecule has 0 amide bonds. The molecule has 7 heteroatoms. The third kappa shape index (κ3) is 3.28. The van der Waals surface area contributed by atoms with Gasteiger partial charge in [-0.3, -0.25) is 4.79 Å². The minimum absolute atomic E-state index is 0.0401. The molecule has 0 radical (unpaired) electrons. The highest BCUT2D eigenvalue weighted by Crippen LogP contribution is 2.43. The highest BCUT2D eigenvalue weighted by atomic mass is 35.5. The van der Waals surface area contributed by atoms with Crippen molar-refractivity contribution in [2.24, 2.45) is 0 Å². The quantitative estimate of drug-likeness (QED) is 0.761. The van der Waals surface area contributed by atoms with E-state index in [-0.39, 0.29) is 5.78 Å². The summed E-state index contributed by atoms with van der Waals surface area (Å²) in [4.78, 5) is 14.7. The van der Waals surface area contributed by atoms with E-state index in [1.165, 1.54) is 0 Å². The molecular weight excluding hydrogens is 355 g/mol. The van der Waals surface area contributed by atoms with Crippen LogP contribution >= 0.6 is 35.4 Å². The zero-order valence-electron chi connectivity index (χ0n) is 12.8. The lowest BCUT2D eigenvalue weighted by Crippen LogP contribution is -2.54. The molecule has 0 atom stereocenters. The van der Waals surface area contributed by atoms with Crippen molar-refractivity contribution in [1.82, 2.24) is 10.2 Å². The SMILES string of the molecule is CCNC(=S)N1CCC2(CC1)CC(=O)c1cc(Cl)cc(Cl)c1O2. The summed E-state index contributed by atoms with van der Waals surface area (Å²) in [5, 5.41) is 4.76. The number of nitrogens with one attached hydrogen (secondary N) is 1. The molecule has 1 saturated heterocycles. The average molecular weight is 373 g/mol. The Balaban J connectivity index is 1.79. The van der Waals surface area contributed by atoms with Crippen LogP contribution < -0.4 is 10.1 Å². The van der Waals surface area contributed by atoms with Gasteiger partial charge < -0.3 is 15.0 Å². The predicted molar refractivity (Wildman–Crippen MR) is 95.9 cm³/mol. The first kappa shape index (κ1) is 16.8. The lowest BCUT2D eigenvalue weighted by atomic mass is 9.82. The molecule has 2 aliphatic rings. The number of hydrogen-bond donors (Lipinski definition) is 1. The maximum atomic E-state index is 12.5.